The number of rotatable bonds is 5. The number of carbonyl (C=O) groups excluding carboxylic acids is 1. The number of hydrogen-bond acceptors (Lipinski definition) is 4. The standard InChI is InChI=1S/C20H16ClN3O2/c21-15-6-3-14(4-7-15)5-12-19(26)24-18-2-1-13-22-20(18)23-16-8-10-17(25)11-9-16/h1-13,25H,(H,22,23)(H,24,26)/b12-5+. The quantitative estimate of drug-likeness (QED) is 0.447. The van der Waals surface area contributed by atoms with Crippen molar-refractivity contribution in [1.82, 2.24) is 4.98 Å². The Kier molecular flexibility index (Phi) is 5.51. The van der Waals surface area contributed by atoms with Crippen LogP contribution in [0.4, 0.5) is 17.2 Å². The second-order valence-electron chi connectivity index (χ2n) is 5.45. The monoisotopic (exact) mass is 365 g/mol. The van der Waals surface area contributed by atoms with Crippen LogP contribution in [0.1, 0.15) is 5.56 Å². The fourth-order valence-corrected chi connectivity index (χ4v) is 2.33. The molecular weight excluding hydrogens is 350 g/mol. The lowest BCUT2D eigenvalue weighted by Gasteiger charge is -2.11. The minimum atomic E-state index is -0.276. The van der Waals surface area contributed by atoms with Crippen LogP contribution >= 0.6 is 11.6 Å². The van der Waals surface area contributed by atoms with Crippen molar-refractivity contribution < 1.29 is 9.90 Å². The first-order valence-electron chi connectivity index (χ1n) is 7.86. The van der Waals surface area contributed by atoms with E-state index in [0.29, 0.717) is 16.5 Å². The predicted octanol–water partition coefficient (Wildman–Crippen LogP) is 4.84. The van der Waals surface area contributed by atoms with E-state index in [2.05, 4.69) is 15.6 Å². The highest BCUT2D eigenvalue weighted by Gasteiger charge is 2.06. The number of nitrogens with zero attached hydrogens (tertiary/aromatic N) is 1. The van der Waals surface area contributed by atoms with Crippen molar-refractivity contribution in [2.75, 3.05) is 10.6 Å². The average Bonchev–Trinajstić information content (AvgIpc) is 2.65. The lowest BCUT2D eigenvalue weighted by Crippen LogP contribution is -2.10. The van der Waals surface area contributed by atoms with Crippen molar-refractivity contribution in [3.05, 3.63) is 83.5 Å². The average molecular weight is 366 g/mol. The molecular formula is C20H16ClN3O2. The summed E-state index contributed by atoms with van der Waals surface area (Å²) in [6.45, 7) is 0. The van der Waals surface area contributed by atoms with Crippen molar-refractivity contribution in [2.24, 2.45) is 0 Å². The number of aromatic nitrogens is 1. The number of phenols is 1. The Labute approximate surface area is 156 Å². The van der Waals surface area contributed by atoms with Gasteiger partial charge in [-0.05, 0) is 60.2 Å². The van der Waals surface area contributed by atoms with E-state index in [1.54, 1.807) is 60.8 Å². The summed E-state index contributed by atoms with van der Waals surface area (Å²) in [5.41, 5.74) is 2.17. The Morgan fingerprint density at radius 2 is 1.77 bits per heavy atom. The maximum atomic E-state index is 12.2. The lowest BCUT2D eigenvalue weighted by molar-refractivity contribution is -0.111. The first-order valence-corrected chi connectivity index (χ1v) is 8.24. The van der Waals surface area contributed by atoms with E-state index < -0.39 is 0 Å². The number of pyridine rings is 1. The smallest absolute Gasteiger partial charge is 0.248 e. The molecule has 0 aliphatic carbocycles. The van der Waals surface area contributed by atoms with E-state index in [1.807, 2.05) is 12.1 Å². The molecule has 26 heavy (non-hydrogen) atoms. The minimum Gasteiger partial charge on any atom is -0.508 e. The maximum absolute atomic E-state index is 12.2. The van der Waals surface area contributed by atoms with Gasteiger partial charge in [0.1, 0.15) is 5.75 Å². The first kappa shape index (κ1) is 17.5. The Hall–Kier alpha value is -3.31. The van der Waals surface area contributed by atoms with Gasteiger partial charge in [-0.1, -0.05) is 23.7 Å². The molecule has 1 amide bonds. The largest absolute Gasteiger partial charge is 0.508 e. The molecule has 1 aromatic heterocycles. The molecule has 1 heterocycles. The Balaban J connectivity index is 1.70. The molecule has 0 bridgehead atoms. The van der Waals surface area contributed by atoms with Gasteiger partial charge < -0.3 is 15.7 Å². The van der Waals surface area contributed by atoms with E-state index in [1.165, 1.54) is 6.08 Å². The fourth-order valence-electron chi connectivity index (χ4n) is 2.21. The second kappa shape index (κ2) is 8.18. The third kappa shape index (κ3) is 4.84. The van der Waals surface area contributed by atoms with Crippen LogP contribution in [-0.2, 0) is 4.79 Å². The van der Waals surface area contributed by atoms with E-state index in [4.69, 9.17) is 11.6 Å². The van der Waals surface area contributed by atoms with Crippen LogP contribution in [0, 0.1) is 0 Å². The molecule has 0 aliphatic heterocycles. The Bertz CT molecular complexity index is 923. The number of benzene rings is 2. The van der Waals surface area contributed by atoms with Gasteiger partial charge in [0.25, 0.3) is 0 Å². The van der Waals surface area contributed by atoms with Gasteiger partial charge >= 0.3 is 0 Å². The van der Waals surface area contributed by atoms with Gasteiger partial charge in [-0.2, -0.15) is 0 Å². The van der Waals surface area contributed by atoms with E-state index in [0.717, 1.165) is 11.3 Å². The zero-order valence-corrected chi connectivity index (χ0v) is 14.4. The van der Waals surface area contributed by atoms with Gasteiger partial charge in [0.2, 0.25) is 5.91 Å². The molecule has 0 atom stereocenters. The third-order valence-electron chi connectivity index (χ3n) is 3.49. The van der Waals surface area contributed by atoms with Gasteiger partial charge in [-0.25, -0.2) is 4.98 Å². The Morgan fingerprint density at radius 3 is 2.50 bits per heavy atom. The molecule has 0 radical (unpaired) electrons. The Morgan fingerprint density at radius 1 is 1.04 bits per heavy atom. The van der Waals surface area contributed by atoms with Gasteiger partial charge in [-0.3, -0.25) is 4.79 Å². The van der Waals surface area contributed by atoms with Gasteiger partial charge in [0.15, 0.2) is 5.82 Å². The molecule has 5 nitrogen and oxygen atoms in total. The zero-order valence-electron chi connectivity index (χ0n) is 13.7. The molecule has 0 unspecified atom stereocenters. The topological polar surface area (TPSA) is 74.2 Å². The van der Waals surface area contributed by atoms with Crippen molar-refractivity contribution >= 4 is 40.8 Å². The highest BCUT2D eigenvalue weighted by molar-refractivity contribution is 6.30. The van der Waals surface area contributed by atoms with E-state index >= 15 is 0 Å². The van der Waals surface area contributed by atoms with E-state index in [9.17, 15) is 9.90 Å². The number of hydrogen-bond donors (Lipinski definition) is 3. The number of anilines is 3. The molecule has 3 rings (SSSR count). The second-order valence-corrected chi connectivity index (χ2v) is 5.88. The summed E-state index contributed by atoms with van der Waals surface area (Å²) in [6.07, 6.45) is 4.78. The molecule has 0 saturated heterocycles. The summed E-state index contributed by atoms with van der Waals surface area (Å²) >= 11 is 5.84. The van der Waals surface area contributed by atoms with Crippen molar-refractivity contribution in [1.29, 1.82) is 0 Å². The van der Waals surface area contributed by atoms with Gasteiger partial charge in [0.05, 0.1) is 5.69 Å². The predicted molar refractivity (Wildman–Crippen MR) is 105 cm³/mol. The molecule has 0 fully saturated rings. The van der Waals surface area contributed by atoms with Crippen molar-refractivity contribution in [3.8, 4) is 5.75 Å². The SMILES string of the molecule is O=C(/C=C/c1ccc(Cl)cc1)Nc1cccnc1Nc1ccc(O)cc1. The molecule has 3 aromatic rings. The number of carbonyl (C=O) groups is 1. The number of aromatic hydroxyl groups is 1. The number of amides is 1. The molecule has 6 heteroatoms. The van der Waals surface area contributed by atoms with E-state index in [-0.39, 0.29) is 11.7 Å². The molecule has 0 saturated carbocycles. The number of phenolic OH excluding ortho intramolecular Hbond substituents is 1. The van der Waals surface area contributed by atoms with Gasteiger partial charge in [0, 0.05) is 23.0 Å². The summed E-state index contributed by atoms with van der Waals surface area (Å²) < 4.78 is 0. The van der Waals surface area contributed by atoms with Crippen LogP contribution in [0.5, 0.6) is 5.75 Å². The molecule has 2 aromatic carbocycles. The minimum absolute atomic E-state index is 0.178. The van der Waals surface area contributed by atoms with Crippen molar-refractivity contribution in [2.45, 2.75) is 0 Å². The lowest BCUT2D eigenvalue weighted by atomic mass is 10.2. The summed E-state index contributed by atoms with van der Waals surface area (Å²) in [5.74, 6) is 0.408. The van der Waals surface area contributed by atoms with Gasteiger partial charge in [-0.15, -0.1) is 0 Å². The molecule has 3 N–H and O–H groups in total. The summed E-state index contributed by atoms with van der Waals surface area (Å²) in [7, 11) is 0. The summed E-state index contributed by atoms with van der Waals surface area (Å²) in [6, 6.07) is 17.2. The first-order chi connectivity index (χ1) is 12.6. The molecule has 130 valence electrons. The highest BCUT2D eigenvalue weighted by Crippen LogP contribution is 2.24. The normalized spacial score (nSPS) is 10.7. The fraction of sp³-hybridized carbons (Fsp3) is 0. The molecule has 0 aliphatic rings. The molecule has 0 spiro atoms. The van der Waals surface area contributed by atoms with Crippen LogP contribution in [0.25, 0.3) is 6.08 Å². The number of halogens is 1. The third-order valence-corrected chi connectivity index (χ3v) is 3.74. The van der Waals surface area contributed by atoms with Crippen LogP contribution in [0.2, 0.25) is 5.02 Å². The highest BCUT2D eigenvalue weighted by atomic mass is 35.5. The summed E-state index contributed by atoms with van der Waals surface area (Å²) in [5, 5.41) is 15.9. The van der Waals surface area contributed by atoms with Crippen LogP contribution in [0.15, 0.2) is 72.9 Å². The van der Waals surface area contributed by atoms with Crippen LogP contribution in [-0.4, -0.2) is 16.0 Å². The van der Waals surface area contributed by atoms with Crippen LogP contribution in [0.3, 0.4) is 0 Å². The maximum Gasteiger partial charge on any atom is 0.248 e. The van der Waals surface area contributed by atoms with Crippen molar-refractivity contribution in [3.63, 3.8) is 0 Å². The number of nitrogens with one attached hydrogen (secondary N) is 2. The summed E-state index contributed by atoms with van der Waals surface area (Å²) in [4.78, 5) is 16.4. The zero-order chi connectivity index (χ0) is 18.4. The van der Waals surface area contributed by atoms with Crippen LogP contribution < -0.4 is 10.6 Å².